The van der Waals surface area contributed by atoms with E-state index in [1.165, 1.54) is 7.11 Å². The van der Waals surface area contributed by atoms with Crippen molar-refractivity contribution >= 4 is 5.97 Å². The highest BCUT2D eigenvalue weighted by atomic mass is 16.5. The SMILES string of the molecule is COC(=O)c1ccc(CNCCCCN)[nH]1. The molecule has 5 heteroatoms. The number of carbonyl (C=O) groups is 1. The van der Waals surface area contributed by atoms with E-state index in [2.05, 4.69) is 15.0 Å². The lowest BCUT2D eigenvalue weighted by Crippen LogP contribution is -2.16. The van der Waals surface area contributed by atoms with E-state index in [1.54, 1.807) is 6.07 Å². The van der Waals surface area contributed by atoms with Gasteiger partial charge in [0.25, 0.3) is 0 Å². The number of nitrogens with one attached hydrogen (secondary N) is 2. The lowest BCUT2D eigenvalue weighted by atomic mass is 10.3. The third-order valence-corrected chi connectivity index (χ3v) is 2.27. The molecule has 0 aliphatic heterocycles. The highest BCUT2D eigenvalue weighted by Crippen LogP contribution is 2.03. The predicted molar refractivity (Wildman–Crippen MR) is 62.1 cm³/mol. The number of ether oxygens (including phenoxy) is 1. The number of hydrogen-bond acceptors (Lipinski definition) is 4. The molecule has 0 aliphatic rings. The van der Waals surface area contributed by atoms with Gasteiger partial charge in [0, 0.05) is 12.2 Å². The van der Waals surface area contributed by atoms with Gasteiger partial charge in [-0.2, -0.15) is 0 Å². The molecule has 1 heterocycles. The molecule has 4 N–H and O–H groups in total. The summed E-state index contributed by atoms with van der Waals surface area (Å²) in [5.74, 6) is -0.339. The zero-order valence-electron chi connectivity index (χ0n) is 9.58. The standard InChI is InChI=1S/C11H19N3O2/c1-16-11(15)10-5-4-9(14-10)8-13-7-3-2-6-12/h4-5,13-14H,2-3,6-8,12H2,1H3. The molecule has 0 unspecified atom stereocenters. The topological polar surface area (TPSA) is 80.1 Å². The van der Waals surface area contributed by atoms with Crippen molar-refractivity contribution < 1.29 is 9.53 Å². The smallest absolute Gasteiger partial charge is 0.354 e. The van der Waals surface area contributed by atoms with Crippen molar-refractivity contribution in [2.75, 3.05) is 20.2 Å². The van der Waals surface area contributed by atoms with Crippen molar-refractivity contribution in [2.24, 2.45) is 5.73 Å². The fraction of sp³-hybridized carbons (Fsp3) is 0.545. The van der Waals surface area contributed by atoms with E-state index in [-0.39, 0.29) is 5.97 Å². The molecule has 0 saturated carbocycles. The van der Waals surface area contributed by atoms with E-state index in [9.17, 15) is 4.79 Å². The molecule has 1 aromatic rings. The highest BCUT2D eigenvalue weighted by molar-refractivity contribution is 5.87. The number of esters is 1. The van der Waals surface area contributed by atoms with Gasteiger partial charge < -0.3 is 20.8 Å². The quantitative estimate of drug-likeness (QED) is 0.469. The van der Waals surface area contributed by atoms with Gasteiger partial charge in [-0.05, 0) is 38.1 Å². The summed E-state index contributed by atoms with van der Waals surface area (Å²) in [4.78, 5) is 14.1. The molecule has 0 spiro atoms. The van der Waals surface area contributed by atoms with Crippen LogP contribution < -0.4 is 11.1 Å². The minimum absolute atomic E-state index is 0.339. The van der Waals surface area contributed by atoms with Crippen molar-refractivity contribution in [1.29, 1.82) is 0 Å². The summed E-state index contributed by atoms with van der Waals surface area (Å²) in [6.45, 7) is 2.39. The van der Waals surface area contributed by atoms with E-state index in [0.717, 1.165) is 38.2 Å². The molecule has 90 valence electrons. The minimum atomic E-state index is -0.339. The van der Waals surface area contributed by atoms with Gasteiger partial charge in [0.1, 0.15) is 5.69 Å². The zero-order chi connectivity index (χ0) is 11.8. The molecule has 1 aromatic heterocycles. The van der Waals surface area contributed by atoms with Gasteiger partial charge in [0.2, 0.25) is 0 Å². The van der Waals surface area contributed by atoms with Crippen LogP contribution in [0, 0.1) is 0 Å². The van der Waals surface area contributed by atoms with Crippen LogP contribution in [0.3, 0.4) is 0 Å². The third-order valence-electron chi connectivity index (χ3n) is 2.27. The summed E-state index contributed by atoms with van der Waals surface area (Å²) in [5.41, 5.74) is 6.86. The van der Waals surface area contributed by atoms with Crippen LogP contribution in [0.1, 0.15) is 29.0 Å². The maximum atomic E-state index is 11.2. The van der Waals surface area contributed by atoms with Crippen LogP contribution >= 0.6 is 0 Å². The normalized spacial score (nSPS) is 10.4. The number of H-pyrrole nitrogens is 1. The average Bonchev–Trinajstić information content (AvgIpc) is 2.76. The number of carbonyl (C=O) groups excluding carboxylic acids is 1. The summed E-state index contributed by atoms with van der Waals surface area (Å²) in [7, 11) is 1.37. The molecule has 0 amide bonds. The maximum Gasteiger partial charge on any atom is 0.354 e. The second kappa shape index (κ2) is 7.03. The van der Waals surface area contributed by atoms with Crippen molar-refractivity contribution in [3.05, 3.63) is 23.5 Å². The number of rotatable bonds is 7. The molecule has 0 bridgehead atoms. The second-order valence-corrected chi connectivity index (χ2v) is 3.56. The number of aromatic nitrogens is 1. The monoisotopic (exact) mass is 225 g/mol. The van der Waals surface area contributed by atoms with E-state index < -0.39 is 0 Å². The summed E-state index contributed by atoms with van der Waals surface area (Å²) in [6.07, 6.45) is 2.10. The number of unbranched alkanes of at least 4 members (excludes halogenated alkanes) is 1. The van der Waals surface area contributed by atoms with Crippen molar-refractivity contribution in [1.82, 2.24) is 10.3 Å². The molecule has 1 rings (SSSR count). The van der Waals surface area contributed by atoms with Crippen LogP contribution in [0.4, 0.5) is 0 Å². The Labute approximate surface area is 95.4 Å². The summed E-state index contributed by atoms with van der Waals surface area (Å²) >= 11 is 0. The van der Waals surface area contributed by atoms with E-state index in [0.29, 0.717) is 5.69 Å². The van der Waals surface area contributed by atoms with Crippen LogP contribution in [0.25, 0.3) is 0 Å². The Morgan fingerprint density at radius 1 is 1.50 bits per heavy atom. The zero-order valence-corrected chi connectivity index (χ0v) is 9.58. The van der Waals surface area contributed by atoms with Gasteiger partial charge in [-0.15, -0.1) is 0 Å². The molecule has 16 heavy (non-hydrogen) atoms. The lowest BCUT2D eigenvalue weighted by Gasteiger charge is -2.02. The highest BCUT2D eigenvalue weighted by Gasteiger charge is 2.06. The Morgan fingerprint density at radius 3 is 3.00 bits per heavy atom. The summed E-state index contributed by atoms with van der Waals surface area (Å²) in [5, 5.41) is 3.27. The van der Waals surface area contributed by atoms with Crippen LogP contribution in [0.5, 0.6) is 0 Å². The first-order valence-electron chi connectivity index (χ1n) is 5.45. The van der Waals surface area contributed by atoms with Gasteiger partial charge in [-0.1, -0.05) is 0 Å². The van der Waals surface area contributed by atoms with Crippen molar-refractivity contribution in [3.63, 3.8) is 0 Å². The molecule has 0 aliphatic carbocycles. The Morgan fingerprint density at radius 2 is 2.31 bits per heavy atom. The van der Waals surface area contributed by atoms with Gasteiger partial charge in [-0.3, -0.25) is 0 Å². The minimum Gasteiger partial charge on any atom is -0.464 e. The lowest BCUT2D eigenvalue weighted by molar-refractivity contribution is 0.0594. The van der Waals surface area contributed by atoms with E-state index >= 15 is 0 Å². The van der Waals surface area contributed by atoms with Crippen molar-refractivity contribution in [3.8, 4) is 0 Å². The fourth-order valence-corrected chi connectivity index (χ4v) is 1.39. The number of nitrogens with two attached hydrogens (primary N) is 1. The number of aromatic amines is 1. The van der Waals surface area contributed by atoms with Gasteiger partial charge >= 0.3 is 5.97 Å². The van der Waals surface area contributed by atoms with Crippen LogP contribution in [0.15, 0.2) is 12.1 Å². The molecule has 0 atom stereocenters. The van der Waals surface area contributed by atoms with Gasteiger partial charge in [-0.25, -0.2) is 4.79 Å². The average molecular weight is 225 g/mol. The first-order valence-corrected chi connectivity index (χ1v) is 5.45. The van der Waals surface area contributed by atoms with E-state index in [4.69, 9.17) is 5.73 Å². The largest absolute Gasteiger partial charge is 0.464 e. The first-order chi connectivity index (χ1) is 7.77. The van der Waals surface area contributed by atoms with Crippen LogP contribution in [0.2, 0.25) is 0 Å². The second-order valence-electron chi connectivity index (χ2n) is 3.56. The van der Waals surface area contributed by atoms with Gasteiger partial charge in [0.15, 0.2) is 0 Å². The third kappa shape index (κ3) is 4.04. The van der Waals surface area contributed by atoms with Crippen molar-refractivity contribution in [2.45, 2.75) is 19.4 Å². The summed E-state index contributed by atoms with van der Waals surface area (Å²) < 4.78 is 4.60. The predicted octanol–water partition coefficient (Wildman–Crippen LogP) is 0.630. The van der Waals surface area contributed by atoms with Gasteiger partial charge in [0.05, 0.1) is 7.11 Å². The number of methoxy groups -OCH3 is 1. The molecule has 0 aromatic carbocycles. The Balaban J connectivity index is 2.27. The molecular weight excluding hydrogens is 206 g/mol. The molecule has 0 radical (unpaired) electrons. The van der Waals surface area contributed by atoms with E-state index in [1.807, 2.05) is 6.07 Å². The fourth-order valence-electron chi connectivity index (χ4n) is 1.39. The molecule has 0 saturated heterocycles. The Kier molecular flexibility index (Phi) is 5.60. The maximum absolute atomic E-state index is 11.2. The Bertz CT molecular complexity index is 323. The number of hydrogen-bond donors (Lipinski definition) is 3. The molecule has 5 nitrogen and oxygen atoms in total. The summed E-state index contributed by atoms with van der Waals surface area (Å²) in [6, 6.07) is 3.60. The molecule has 0 fully saturated rings. The first kappa shape index (κ1) is 12.7. The van der Waals surface area contributed by atoms with Crippen LogP contribution in [-0.2, 0) is 11.3 Å². The Hall–Kier alpha value is -1.33. The van der Waals surface area contributed by atoms with Crippen LogP contribution in [-0.4, -0.2) is 31.2 Å². The molecular formula is C11H19N3O2.